The van der Waals surface area contributed by atoms with Crippen LogP contribution in [0.25, 0.3) is 88.4 Å². The number of fused-ring (bicyclic) bond motifs is 6. The normalized spacial score (nSPS) is 11.5. The van der Waals surface area contributed by atoms with Crippen LogP contribution in [0.2, 0.25) is 0 Å². The average Bonchev–Trinajstić information content (AvgIpc) is 3.14. The van der Waals surface area contributed by atoms with Gasteiger partial charge in [-0.05, 0) is 54.9 Å². The Hall–Kier alpha value is -6.19. The van der Waals surface area contributed by atoms with Gasteiger partial charge < -0.3 is 0 Å². The molecule has 0 saturated heterocycles. The fraction of sp³-hybridized carbons (Fsp3) is 0. The summed E-state index contributed by atoms with van der Waals surface area (Å²) in [6, 6.07) is 57.5. The lowest BCUT2D eigenvalue weighted by Crippen LogP contribution is -2.01. The molecule has 3 nitrogen and oxygen atoms in total. The Morgan fingerprint density at radius 2 is 0.870 bits per heavy atom. The zero-order chi connectivity index (χ0) is 30.5. The molecular formula is C43H27N3. The molecule has 46 heavy (non-hydrogen) atoms. The van der Waals surface area contributed by atoms with Gasteiger partial charge in [-0.25, -0.2) is 15.0 Å². The predicted octanol–water partition coefficient (Wildman–Crippen LogP) is 11.2. The maximum atomic E-state index is 5.23. The lowest BCUT2D eigenvalue weighted by Gasteiger charge is -2.14. The third-order valence-electron chi connectivity index (χ3n) is 8.90. The molecule has 0 fully saturated rings. The van der Waals surface area contributed by atoms with E-state index < -0.39 is 0 Å². The summed E-state index contributed by atoms with van der Waals surface area (Å²) in [5.74, 6) is 1.97. The maximum absolute atomic E-state index is 5.23. The Labute approximate surface area is 266 Å². The first-order chi connectivity index (χ1) is 22.8. The van der Waals surface area contributed by atoms with Gasteiger partial charge in [-0.2, -0.15) is 0 Å². The van der Waals surface area contributed by atoms with Crippen molar-refractivity contribution >= 4 is 43.1 Å². The third kappa shape index (κ3) is 4.41. The first-order valence-electron chi connectivity index (χ1n) is 15.5. The van der Waals surface area contributed by atoms with Crippen molar-refractivity contribution in [2.75, 3.05) is 0 Å². The van der Waals surface area contributed by atoms with Crippen LogP contribution in [0, 0.1) is 0 Å². The molecule has 0 aliphatic carbocycles. The minimum atomic E-state index is 0.654. The molecular weight excluding hydrogens is 558 g/mol. The van der Waals surface area contributed by atoms with E-state index in [0.29, 0.717) is 17.5 Å². The molecule has 0 bridgehead atoms. The number of hydrogen-bond donors (Lipinski definition) is 0. The summed E-state index contributed by atoms with van der Waals surface area (Å²) in [6.07, 6.45) is 0. The Kier molecular flexibility index (Phi) is 6.14. The van der Waals surface area contributed by atoms with Gasteiger partial charge in [0.25, 0.3) is 0 Å². The fourth-order valence-electron chi connectivity index (χ4n) is 6.68. The first kappa shape index (κ1) is 26.2. The molecule has 0 aliphatic rings. The minimum absolute atomic E-state index is 0.654. The lowest BCUT2D eigenvalue weighted by atomic mass is 9.94. The van der Waals surface area contributed by atoms with Crippen molar-refractivity contribution in [3.63, 3.8) is 0 Å². The molecule has 9 rings (SSSR count). The van der Waals surface area contributed by atoms with Crippen LogP contribution in [0.5, 0.6) is 0 Å². The summed E-state index contributed by atoms with van der Waals surface area (Å²) in [5.41, 5.74) is 5.30. The molecule has 0 unspecified atom stereocenters. The van der Waals surface area contributed by atoms with Crippen LogP contribution >= 0.6 is 0 Å². The first-order valence-corrected chi connectivity index (χ1v) is 15.5. The highest BCUT2D eigenvalue weighted by atomic mass is 15.0. The molecule has 0 N–H and O–H groups in total. The molecule has 0 saturated carbocycles. The van der Waals surface area contributed by atoms with Crippen molar-refractivity contribution in [3.8, 4) is 45.3 Å². The van der Waals surface area contributed by atoms with Crippen LogP contribution in [0.4, 0.5) is 0 Å². The molecule has 0 amide bonds. The van der Waals surface area contributed by atoms with E-state index in [1.807, 2.05) is 24.3 Å². The second-order valence-corrected chi connectivity index (χ2v) is 11.6. The molecule has 214 valence electrons. The molecule has 0 atom stereocenters. The Balaban J connectivity index is 1.30. The zero-order valence-corrected chi connectivity index (χ0v) is 24.9. The van der Waals surface area contributed by atoms with E-state index in [0.717, 1.165) is 38.2 Å². The molecule has 1 aromatic heterocycles. The van der Waals surface area contributed by atoms with Gasteiger partial charge in [0.15, 0.2) is 17.5 Å². The van der Waals surface area contributed by atoms with Crippen LogP contribution in [0.3, 0.4) is 0 Å². The van der Waals surface area contributed by atoms with E-state index >= 15 is 0 Å². The largest absolute Gasteiger partial charge is 0.208 e. The van der Waals surface area contributed by atoms with Crippen molar-refractivity contribution in [1.82, 2.24) is 15.0 Å². The Morgan fingerprint density at radius 1 is 0.283 bits per heavy atom. The fourth-order valence-corrected chi connectivity index (χ4v) is 6.68. The summed E-state index contributed by atoms with van der Waals surface area (Å²) in [4.78, 5) is 15.4. The van der Waals surface area contributed by atoms with Crippen molar-refractivity contribution in [2.45, 2.75) is 0 Å². The predicted molar refractivity (Wildman–Crippen MR) is 192 cm³/mol. The summed E-state index contributed by atoms with van der Waals surface area (Å²) in [6.45, 7) is 0. The van der Waals surface area contributed by atoms with Gasteiger partial charge in [0.2, 0.25) is 0 Å². The van der Waals surface area contributed by atoms with Crippen molar-refractivity contribution in [3.05, 3.63) is 164 Å². The molecule has 8 aromatic carbocycles. The van der Waals surface area contributed by atoms with E-state index in [1.54, 1.807) is 0 Å². The quantitative estimate of drug-likeness (QED) is 0.193. The molecule has 0 radical (unpaired) electrons. The van der Waals surface area contributed by atoms with Gasteiger partial charge in [-0.15, -0.1) is 0 Å². The number of aromatic nitrogens is 3. The minimum Gasteiger partial charge on any atom is -0.208 e. The summed E-state index contributed by atoms with van der Waals surface area (Å²) < 4.78 is 0. The van der Waals surface area contributed by atoms with Gasteiger partial charge in [0, 0.05) is 22.1 Å². The van der Waals surface area contributed by atoms with Crippen LogP contribution < -0.4 is 0 Å². The highest BCUT2D eigenvalue weighted by Crippen LogP contribution is 2.38. The van der Waals surface area contributed by atoms with Gasteiger partial charge in [0.05, 0.1) is 0 Å². The van der Waals surface area contributed by atoms with Crippen LogP contribution in [0.15, 0.2) is 164 Å². The van der Waals surface area contributed by atoms with Gasteiger partial charge in [-0.3, -0.25) is 0 Å². The van der Waals surface area contributed by atoms with E-state index in [4.69, 9.17) is 15.0 Å². The zero-order valence-electron chi connectivity index (χ0n) is 24.9. The molecule has 1 heterocycles. The SMILES string of the molecule is c1ccc(-c2ccc3c(-c4nc(-c5ccccc5)nc(-c5cccc6ccc7c8ccccc8ccc7c56)n4)cccc3c2)cc1. The van der Waals surface area contributed by atoms with E-state index in [9.17, 15) is 0 Å². The third-order valence-corrected chi connectivity index (χ3v) is 8.90. The highest BCUT2D eigenvalue weighted by Gasteiger charge is 2.17. The van der Waals surface area contributed by atoms with Crippen LogP contribution in [-0.4, -0.2) is 15.0 Å². The molecule has 9 aromatic rings. The topological polar surface area (TPSA) is 38.7 Å². The Morgan fingerprint density at radius 3 is 1.70 bits per heavy atom. The van der Waals surface area contributed by atoms with E-state index in [2.05, 4.69) is 140 Å². The highest BCUT2D eigenvalue weighted by molar-refractivity contribution is 6.20. The van der Waals surface area contributed by atoms with Crippen LogP contribution in [0.1, 0.15) is 0 Å². The maximum Gasteiger partial charge on any atom is 0.164 e. The smallest absolute Gasteiger partial charge is 0.164 e. The number of hydrogen-bond acceptors (Lipinski definition) is 3. The standard InChI is InChI=1S/C43H27N3/c1-3-11-28(12-4-1)32-23-24-35-33(27-32)17-10-19-38(35)42-44-41(31-14-5-2-6-15-31)45-43(46-42)39-20-9-16-30-22-25-36-34-18-8-7-13-29(34)21-26-37(36)40(30)39/h1-27H. The van der Waals surface area contributed by atoms with E-state index in [1.165, 1.54) is 32.7 Å². The average molecular weight is 586 g/mol. The molecule has 3 heteroatoms. The molecule has 0 aliphatic heterocycles. The lowest BCUT2D eigenvalue weighted by molar-refractivity contribution is 1.08. The summed E-state index contributed by atoms with van der Waals surface area (Å²) in [5, 5.41) is 9.43. The van der Waals surface area contributed by atoms with Crippen molar-refractivity contribution < 1.29 is 0 Å². The summed E-state index contributed by atoms with van der Waals surface area (Å²) in [7, 11) is 0. The van der Waals surface area contributed by atoms with Crippen molar-refractivity contribution in [2.24, 2.45) is 0 Å². The summed E-state index contributed by atoms with van der Waals surface area (Å²) >= 11 is 0. The van der Waals surface area contributed by atoms with Gasteiger partial charge in [-0.1, -0.05) is 158 Å². The van der Waals surface area contributed by atoms with Crippen LogP contribution in [-0.2, 0) is 0 Å². The number of nitrogens with zero attached hydrogens (tertiary/aromatic N) is 3. The van der Waals surface area contributed by atoms with Gasteiger partial charge >= 0.3 is 0 Å². The number of benzene rings is 8. The second-order valence-electron chi connectivity index (χ2n) is 11.6. The second kappa shape index (κ2) is 10.8. The van der Waals surface area contributed by atoms with Crippen molar-refractivity contribution in [1.29, 1.82) is 0 Å². The Bertz CT molecular complexity index is 2570. The monoisotopic (exact) mass is 585 g/mol. The van der Waals surface area contributed by atoms with Gasteiger partial charge in [0.1, 0.15) is 0 Å². The molecule has 0 spiro atoms. The van der Waals surface area contributed by atoms with E-state index in [-0.39, 0.29) is 0 Å². The number of rotatable bonds is 4.